The van der Waals surface area contributed by atoms with Crippen LogP contribution in [0, 0.1) is 5.41 Å². The fourth-order valence-corrected chi connectivity index (χ4v) is 3.19. The van der Waals surface area contributed by atoms with E-state index >= 15 is 0 Å². The smallest absolute Gasteiger partial charge is 0.191 e. The van der Waals surface area contributed by atoms with E-state index in [0.29, 0.717) is 44.1 Å². The lowest BCUT2D eigenvalue weighted by molar-refractivity contribution is -0.0566. The second-order valence-electron chi connectivity index (χ2n) is 7.61. The maximum absolute atomic E-state index is 10.5. The van der Waals surface area contributed by atoms with Crippen molar-refractivity contribution in [3.8, 4) is 0 Å². The molecule has 0 unspecified atom stereocenters. The van der Waals surface area contributed by atoms with E-state index in [1.54, 1.807) is 0 Å². The number of hydrogen-bond acceptors (Lipinski definition) is 3. The first-order chi connectivity index (χ1) is 10.4. The Morgan fingerprint density at radius 1 is 1.18 bits per heavy atom. The van der Waals surface area contributed by atoms with E-state index in [4.69, 9.17) is 4.74 Å². The summed E-state index contributed by atoms with van der Waals surface area (Å²) < 4.78 is 5.32. The average Bonchev–Trinajstić information content (AvgIpc) is 2.48. The Morgan fingerprint density at radius 2 is 1.82 bits per heavy atom. The molecule has 1 aliphatic carbocycles. The van der Waals surface area contributed by atoms with Gasteiger partial charge in [0.2, 0.25) is 0 Å². The van der Waals surface area contributed by atoms with Crippen LogP contribution >= 0.6 is 0 Å². The molecule has 5 nitrogen and oxygen atoms in total. The Hall–Kier alpha value is -0.810. The molecule has 1 saturated heterocycles. The van der Waals surface area contributed by atoms with Crippen molar-refractivity contribution in [3.63, 3.8) is 0 Å². The van der Waals surface area contributed by atoms with E-state index in [1.165, 1.54) is 25.7 Å². The van der Waals surface area contributed by atoms with Crippen molar-refractivity contribution in [2.24, 2.45) is 10.4 Å². The van der Waals surface area contributed by atoms with Crippen molar-refractivity contribution >= 4 is 5.96 Å². The highest BCUT2D eigenvalue weighted by molar-refractivity contribution is 5.80. The van der Waals surface area contributed by atoms with Gasteiger partial charge >= 0.3 is 0 Å². The number of rotatable bonds is 4. The average molecular weight is 311 g/mol. The summed E-state index contributed by atoms with van der Waals surface area (Å²) in [4.78, 5) is 4.63. The second kappa shape index (κ2) is 7.64. The molecule has 2 aliphatic rings. The molecule has 0 aromatic rings. The van der Waals surface area contributed by atoms with Crippen LogP contribution in [-0.2, 0) is 4.74 Å². The summed E-state index contributed by atoms with van der Waals surface area (Å²) in [5.41, 5.74) is -0.222. The minimum absolute atomic E-state index is 0.448. The van der Waals surface area contributed by atoms with Crippen LogP contribution in [0.25, 0.3) is 0 Å². The maximum Gasteiger partial charge on any atom is 0.191 e. The van der Waals surface area contributed by atoms with Crippen molar-refractivity contribution < 1.29 is 9.84 Å². The van der Waals surface area contributed by atoms with Crippen molar-refractivity contribution in [3.05, 3.63) is 0 Å². The lowest BCUT2D eigenvalue weighted by atomic mass is 9.75. The SMILES string of the molecule is CCNC(=NCC1(O)CCOCC1)NC1CCC(C)(C)CC1. The Bertz CT molecular complexity index is 366. The fourth-order valence-electron chi connectivity index (χ4n) is 3.19. The lowest BCUT2D eigenvalue weighted by Crippen LogP contribution is -2.47. The maximum atomic E-state index is 10.5. The molecule has 0 bridgehead atoms. The summed E-state index contributed by atoms with van der Waals surface area (Å²) in [7, 11) is 0. The Balaban J connectivity index is 1.87. The standard InChI is InChI=1S/C17H33N3O2/c1-4-18-15(19-13-17(21)9-11-22-12-10-17)20-14-5-7-16(2,3)8-6-14/h14,21H,4-13H2,1-3H3,(H2,18,19,20). The number of aliphatic imine (C=N–C) groups is 1. The zero-order valence-corrected chi connectivity index (χ0v) is 14.5. The first-order valence-corrected chi connectivity index (χ1v) is 8.77. The molecule has 0 aromatic heterocycles. The molecule has 0 atom stereocenters. The normalized spacial score (nSPS) is 25.7. The van der Waals surface area contributed by atoms with Gasteiger partial charge in [0.15, 0.2) is 5.96 Å². The van der Waals surface area contributed by atoms with Gasteiger partial charge in [0.1, 0.15) is 0 Å². The van der Waals surface area contributed by atoms with Gasteiger partial charge in [-0.3, -0.25) is 4.99 Å². The van der Waals surface area contributed by atoms with Gasteiger partial charge in [-0.1, -0.05) is 13.8 Å². The van der Waals surface area contributed by atoms with Gasteiger partial charge in [-0.2, -0.15) is 0 Å². The number of ether oxygens (including phenoxy) is 1. The molecular formula is C17H33N3O2. The van der Waals surface area contributed by atoms with Crippen LogP contribution < -0.4 is 10.6 Å². The van der Waals surface area contributed by atoms with Gasteiger partial charge < -0.3 is 20.5 Å². The summed E-state index contributed by atoms with van der Waals surface area (Å²) in [6.07, 6.45) is 6.24. The number of nitrogens with one attached hydrogen (secondary N) is 2. The Morgan fingerprint density at radius 3 is 2.41 bits per heavy atom. The number of nitrogens with zero attached hydrogens (tertiary/aromatic N) is 1. The molecule has 2 rings (SSSR count). The van der Waals surface area contributed by atoms with Gasteiger partial charge in [-0.05, 0) is 38.0 Å². The largest absolute Gasteiger partial charge is 0.388 e. The van der Waals surface area contributed by atoms with Gasteiger partial charge in [-0.15, -0.1) is 0 Å². The minimum Gasteiger partial charge on any atom is -0.388 e. The molecule has 0 spiro atoms. The van der Waals surface area contributed by atoms with E-state index in [9.17, 15) is 5.11 Å². The van der Waals surface area contributed by atoms with E-state index in [1.807, 2.05) is 0 Å². The van der Waals surface area contributed by atoms with Crippen LogP contribution in [0.2, 0.25) is 0 Å². The zero-order chi connectivity index (χ0) is 16.1. The minimum atomic E-state index is -0.699. The quantitative estimate of drug-likeness (QED) is 0.549. The van der Waals surface area contributed by atoms with Crippen LogP contribution in [0.1, 0.15) is 59.3 Å². The van der Waals surface area contributed by atoms with E-state index in [0.717, 1.165) is 12.5 Å². The van der Waals surface area contributed by atoms with Crippen LogP contribution in [0.15, 0.2) is 4.99 Å². The molecule has 22 heavy (non-hydrogen) atoms. The van der Waals surface area contributed by atoms with E-state index in [2.05, 4.69) is 36.4 Å². The lowest BCUT2D eigenvalue weighted by Gasteiger charge is -2.35. The highest BCUT2D eigenvalue weighted by Crippen LogP contribution is 2.34. The summed E-state index contributed by atoms with van der Waals surface area (Å²) in [5.74, 6) is 0.840. The van der Waals surface area contributed by atoms with Gasteiger partial charge in [-0.25, -0.2) is 0 Å². The van der Waals surface area contributed by atoms with E-state index < -0.39 is 5.60 Å². The van der Waals surface area contributed by atoms with Crippen LogP contribution in [0.5, 0.6) is 0 Å². The molecule has 1 heterocycles. The number of guanidine groups is 1. The molecule has 2 fully saturated rings. The highest BCUT2D eigenvalue weighted by atomic mass is 16.5. The molecule has 1 saturated carbocycles. The third-order valence-electron chi connectivity index (χ3n) is 4.98. The predicted molar refractivity (Wildman–Crippen MR) is 90.2 cm³/mol. The van der Waals surface area contributed by atoms with Crippen molar-refractivity contribution in [2.75, 3.05) is 26.3 Å². The third kappa shape index (κ3) is 5.43. The van der Waals surface area contributed by atoms with Gasteiger partial charge in [0.25, 0.3) is 0 Å². The fraction of sp³-hybridized carbons (Fsp3) is 0.941. The molecular weight excluding hydrogens is 278 g/mol. The number of aliphatic hydroxyl groups is 1. The molecule has 5 heteroatoms. The first-order valence-electron chi connectivity index (χ1n) is 8.77. The van der Waals surface area contributed by atoms with Crippen molar-refractivity contribution in [2.45, 2.75) is 70.9 Å². The van der Waals surface area contributed by atoms with Gasteiger partial charge in [0, 0.05) is 38.6 Å². The van der Waals surface area contributed by atoms with Crippen LogP contribution in [0.4, 0.5) is 0 Å². The van der Waals surface area contributed by atoms with Crippen molar-refractivity contribution in [1.82, 2.24) is 10.6 Å². The molecule has 0 radical (unpaired) electrons. The molecule has 1 aliphatic heterocycles. The van der Waals surface area contributed by atoms with Crippen molar-refractivity contribution in [1.29, 1.82) is 0 Å². The summed E-state index contributed by atoms with van der Waals surface area (Å²) >= 11 is 0. The Kier molecular flexibility index (Phi) is 6.09. The summed E-state index contributed by atoms with van der Waals surface area (Å²) in [6.45, 7) is 9.33. The third-order valence-corrected chi connectivity index (χ3v) is 4.98. The molecule has 128 valence electrons. The Labute approximate surface area is 134 Å². The number of hydrogen-bond donors (Lipinski definition) is 3. The molecule has 0 amide bonds. The summed E-state index contributed by atoms with van der Waals surface area (Å²) in [6, 6.07) is 0.496. The molecule has 0 aromatic carbocycles. The zero-order valence-electron chi connectivity index (χ0n) is 14.5. The molecule has 3 N–H and O–H groups in total. The van der Waals surface area contributed by atoms with E-state index in [-0.39, 0.29) is 0 Å². The van der Waals surface area contributed by atoms with Crippen LogP contribution in [0.3, 0.4) is 0 Å². The monoisotopic (exact) mass is 311 g/mol. The summed E-state index contributed by atoms with van der Waals surface area (Å²) in [5, 5.41) is 17.4. The topological polar surface area (TPSA) is 65.9 Å². The highest BCUT2D eigenvalue weighted by Gasteiger charge is 2.30. The van der Waals surface area contributed by atoms with Crippen LogP contribution in [-0.4, -0.2) is 49.0 Å². The predicted octanol–water partition coefficient (Wildman–Crippen LogP) is 2.05. The first kappa shape index (κ1) is 17.5. The second-order valence-corrected chi connectivity index (χ2v) is 7.61. The van der Waals surface area contributed by atoms with Gasteiger partial charge in [0.05, 0.1) is 12.1 Å².